The van der Waals surface area contributed by atoms with Crippen molar-refractivity contribution in [1.82, 2.24) is 0 Å². The Morgan fingerprint density at radius 2 is 1.77 bits per heavy atom. The van der Waals surface area contributed by atoms with Crippen LogP contribution in [0.3, 0.4) is 0 Å². The fourth-order valence-electron chi connectivity index (χ4n) is 1.35. The van der Waals surface area contributed by atoms with Gasteiger partial charge >= 0.3 is 0 Å². The first-order valence-electron chi connectivity index (χ1n) is 4.56. The number of anilines is 1. The molecule has 72 valence electrons. The van der Waals surface area contributed by atoms with Gasteiger partial charge in [-0.1, -0.05) is 29.8 Å². The van der Waals surface area contributed by atoms with Crippen LogP contribution < -0.4 is 4.90 Å². The number of nitrogens with zero attached hydrogens (tertiary/aromatic N) is 1. The van der Waals surface area contributed by atoms with Crippen molar-refractivity contribution in [3.05, 3.63) is 28.7 Å². The Labute approximate surface area is 88.9 Å². The number of halogens is 1. The second-order valence-corrected chi connectivity index (χ2v) is 4.67. The van der Waals surface area contributed by atoms with Gasteiger partial charge in [0.25, 0.3) is 0 Å². The summed E-state index contributed by atoms with van der Waals surface area (Å²) in [4.78, 5) is 2.27. The van der Waals surface area contributed by atoms with Crippen molar-refractivity contribution in [1.29, 1.82) is 0 Å². The first-order chi connectivity index (χ1) is 6.09. The maximum atomic E-state index is 3.43. The maximum Gasteiger partial charge on any atom is 0.0364 e. The fraction of sp³-hybridized carbons (Fsp3) is 0.455. The highest BCUT2D eigenvalue weighted by atomic mass is 79.9. The smallest absolute Gasteiger partial charge is 0.0364 e. The van der Waals surface area contributed by atoms with Crippen molar-refractivity contribution < 1.29 is 0 Å². The summed E-state index contributed by atoms with van der Waals surface area (Å²) in [7, 11) is 2.13. The van der Waals surface area contributed by atoms with Crippen LogP contribution in [0, 0.1) is 5.92 Å². The van der Waals surface area contributed by atoms with E-state index in [1.54, 1.807) is 0 Å². The molecule has 0 fully saturated rings. The van der Waals surface area contributed by atoms with Gasteiger partial charge in [0.15, 0.2) is 0 Å². The van der Waals surface area contributed by atoms with E-state index < -0.39 is 0 Å². The lowest BCUT2D eigenvalue weighted by Crippen LogP contribution is -2.22. The van der Waals surface area contributed by atoms with Gasteiger partial charge in [-0.2, -0.15) is 0 Å². The van der Waals surface area contributed by atoms with Gasteiger partial charge < -0.3 is 4.90 Å². The van der Waals surface area contributed by atoms with E-state index in [1.807, 2.05) is 0 Å². The fourth-order valence-corrected chi connectivity index (χ4v) is 1.61. The van der Waals surface area contributed by atoms with E-state index in [9.17, 15) is 0 Å². The quantitative estimate of drug-likeness (QED) is 0.783. The van der Waals surface area contributed by atoms with E-state index in [1.165, 1.54) is 5.69 Å². The zero-order valence-corrected chi connectivity index (χ0v) is 10.0. The average Bonchev–Trinajstić information content (AvgIpc) is 2.04. The number of hydrogen-bond acceptors (Lipinski definition) is 1. The van der Waals surface area contributed by atoms with Crippen LogP contribution in [0.2, 0.25) is 0 Å². The van der Waals surface area contributed by atoms with Crippen molar-refractivity contribution >= 4 is 21.6 Å². The summed E-state index contributed by atoms with van der Waals surface area (Å²) >= 11 is 3.43. The molecule has 13 heavy (non-hydrogen) atoms. The molecule has 0 unspecified atom stereocenters. The van der Waals surface area contributed by atoms with Crippen molar-refractivity contribution in [2.45, 2.75) is 13.8 Å². The summed E-state index contributed by atoms with van der Waals surface area (Å²) in [5, 5.41) is 0. The molecule has 0 aliphatic heterocycles. The minimum absolute atomic E-state index is 0.702. The average molecular weight is 242 g/mol. The second-order valence-electron chi connectivity index (χ2n) is 3.75. The Morgan fingerprint density at radius 3 is 2.23 bits per heavy atom. The molecule has 0 saturated heterocycles. The van der Waals surface area contributed by atoms with E-state index in [2.05, 4.69) is 66.0 Å². The summed E-state index contributed by atoms with van der Waals surface area (Å²) < 4.78 is 1.13. The predicted octanol–water partition coefficient (Wildman–Crippen LogP) is 3.54. The van der Waals surface area contributed by atoms with Crippen molar-refractivity contribution in [3.8, 4) is 0 Å². The van der Waals surface area contributed by atoms with Crippen molar-refractivity contribution in [3.63, 3.8) is 0 Å². The number of benzene rings is 1. The topological polar surface area (TPSA) is 3.24 Å². The lowest BCUT2D eigenvalue weighted by Gasteiger charge is -2.21. The highest BCUT2D eigenvalue weighted by Crippen LogP contribution is 2.17. The van der Waals surface area contributed by atoms with Gasteiger partial charge in [0.2, 0.25) is 0 Å². The van der Waals surface area contributed by atoms with Crippen LogP contribution in [0.25, 0.3) is 0 Å². The molecule has 0 saturated carbocycles. The van der Waals surface area contributed by atoms with Gasteiger partial charge in [0.1, 0.15) is 0 Å². The summed E-state index contributed by atoms with van der Waals surface area (Å²) in [6.07, 6.45) is 0. The normalized spacial score (nSPS) is 10.5. The van der Waals surface area contributed by atoms with Crippen LogP contribution in [0.1, 0.15) is 13.8 Å². The third kappa shape index (κ3) is 3.39. The van der Waals surface area contributed by atoms with E-state index >= 15 is 0 Å². The molecule has 0 atom stereocenters. The Kier molecular flexibility index (Phi) is 3.79. The molecule has 0 N–H and O–H groups in total. The summed E-state index contributed by atoms with van der Waals surface area (Å²) in [5.74, 6) is 0.702. The maximum absolute atomic E-state index is 3.43. The van der Waals surface area contributed by atoms with Crippen LogP contribution >= 0.6 is 15.9 Å². The van der Waals surface area contributed by atoms with Crippen molar-refractivity contribution in [2.24, 2.45) is 5.92 Å². The summed E-state index contributed by atoms with van der Waals surface area (Å²) in [6, 6.07) is 8.41. The Bertz CT molecular complexity index is 253. The van der Waals surface area contributed by atoms with Crippen LogP contribution in [0.5, 0.6) is 0 Å². The van der Waals surface area contributed by atoms with E-state index in [0.29, 0.717) is 5.92 Å². The lowest BCUT2D eigenvalue weighted by atomic mass is 10.2. The first kappa shape index (κ1) is 10.6. The SMILES string of the molecule is CC(C)CN(C)c1ccc(Br)cc1. The highest BCUT2D eigenvalue weighted by Gasteiger charge is 2.02. The van der Waals surface area contributed by atoms with E-state index in [4.69, 9.17) is 0 Å². The summed E-state index contributed by atoms with van der Waals surface area (Å²) in [5.41, 5.74) is 1.27. The largest absolute Gasteiger partial charge is 0.374 e. The molecule has 0 bridgehead atoms. The zero-order valence-electron chi connectivity index (χ0n) is 8.42. The Hall–Kier alpha value is -0.500. The van der Waals surface area contributed by atoms with Crippen LogP contribution in [-0.4, -0.2) is 13.6 Å². The zero-order chi connectivity index (χ0) is 9.84. The first-order valence-corrected chi connectivity index (χ1v) is 5.35. The minimum atomic E-state index is 0.702. The number of hydrogen-bond donors (Lipinski definition) is 0. The molecule has 0 aliphatic rings. The van der Waals surface area contributed by atoms with Gasteiger partial charge in [0, 0.05) is 23.8 Å². The Balaban J connectivity index is 2.66. The molecule has 1 nitrogen and oxygen atoms in total. The van der Waals surface area contributed by atoms with E-state index in [0.717, 1.165) is 11.0 Å². The van der Waals surface area contributed by atoms with Crippen LogP contribution in [0.4, 0.5) is 5.69 Å². The molecule has 0 heterocycles. The molecule has 0 spiro atoms. The van der Waals surface area contributed by atoms with Gasteiger partial charge in [-0.05, 0) is 30.2 Å². The lowest BCUT2D eigenvalue weighted by molar-refractivity contribution is 0.638. The molecule has 0 amide bonds. The standard InChI is InChI=1S/C11H16BrN/c1-9(2)8-13(3)11-6-4-10(12)5-7-11/h4-7,9H,8H2,1-3H3. The molecule has 1 aromatic carbocycles. The molecule has 1 rings (SSSR count). The predicted molar refractivity (Wildman–Crippen MR) is 62.3 cm³/mol. The van der Waals surface area contributed by atoms with Gasteiger partial charge in [0.05, 0.1) is 0 Å². The molecule has 0 aliphatic carbocycles. The van der Waals surface area contributed by atoms with E-state index in [-0.39, 0.29) is 0 Å². The molecule has 1 aromatic rings. The van der Waals surface area contributed by atoms with Gasteiger partial charge in [-0.15, -0.1) is 0 Å². The van der Waals surface area contributed by atoms with Crippen LogP contribution in [-0.2, 0) is 0 Å². The second kappa shape index (κ2) is 4.66. The molecule has 0 aromatic heterocycles. The monoisotopic (exact) mass is 241 g/mol. The van der Waals surface area contributed by atoms with Gasteiger partial charge in [-0.25, -0.2) is 0 Å². The molecular weight excluding hydrogens is 226 g/mol. The van der Waals surface area contributed by atoms with Crippen molar-refractivity contribution in [2.75, 3.05) is 18.5 Å². The minimum Gasteiger partial charge on any atom is -0.374 e. The van der Waals surface area contributed by atoms with Gasteiger partial charge in [-0.3, -0.25) is 0 Å². The molecule has 0 radical (unpaired) electrons. The summed E-state index contributed by atoms with van der Waals surface area (Å²) in [6.45, 7) is 5.56. The molecular formula is C11H16BrN. The third-order valence-corrected chi connectivity index (χ3v) is 2.44. The number of rotatable bonds is 3. The third-order valence-electron chi connectivity index (χ3n) is 1.91. The molecule has 2 heteroatoms. The van der Waals surface area contributed by atoms with Crippen LogP contribution in [0.15, 0.2) is 28.7 Å². The highest BCUT2D eigenvalue weighted by molar-refractivity contribution is 9.10. The Morgan fingerprint density at radius 1 is 1.23 bits per heavy atom.